The number of ether oxygens (including phenoxy) is 1. The van der Waals surface area contributed by atoms with Gasteiger partial charge in [-0.15, -0.1) is 0 Å². The Morgan fingerprint density at radius 3 is 2.44 bits per heavy atom. The first-order chi connectivity index (χ1) is 18.9. The minimum absolute atomic E-state index is 0.156. The fourth-order valence-corrected chi connectivity index (χ4v) is 4.87. The van der Waals surface area contributed by atoms with Crippen molar-refractivity contribution in [3.8, 4) is 11.3 Å². The van der Waals surface area contributed by atoms with Crippen molar-refractivity contribution in [3.05, 3.63) is 106 Å². The minimum atomic E-state index is -0.471. The molecule has 0 aliphatic carbocycles. The number of esters is 1. The van der Waals surface area contributed by atoms with Crippen molar-refractivity contribution in [2.75, 3.05) is 43.5 Å². The predicted octanol–water partition coefficient (Wildman–Crippen LogP) is 6.27. The van der Waals surface area contributed by atoms with Crippen molar-refractivity contribution in [1.82, 2.24) is 4.90 Å². The number of hydrogen-bond donors (Lipinski definition) is 1. The van der Waals surface area contributed by atoms with Gasteiger partial charge in [0.1, 0.15) is 5.76 Å². The molecule has 0 spiro atoms. The van der Waals surface area contributed by atoms with Gasteiger partial charge in [0.25, 0.3) is 5.91 Å². The van der Waals surface area contributed by atoms with Crippen LogP contribution in [0, 0.1) is 6.92 Å². The Kier molecular flexibility index (Phi) is 8.00. The topological polar surface area (TPSA) is 75.0 Å². The molecule has 3 aromatic carbocycles. The van der Waals surface area contributed by atoms with E-state index in [1.165, 1.54) is 12.7 Å². The molecule has 39 heavy (non-hydrogen) atoms. The Balaban J connectivity index is 1.33. The molecule has 1 aliphatic heterocycles. The average Bonchev–Trinajstić information content (AvgIpc) is 3.46. The molecule has 1 aromatic heterocycles. The zero-order valence-corrected chi connectivity index (χ0v) is 22.7. The number of furan rings is 1. The number of anilines is 2. The predicted molar refractivity (Wildman–Crippen MR) is 154 cm³/mol. The summed E-state index contributed by atoms with van der Waals surface area (Å²) in [6, 6.07) is 24.6. The zero-order chi connectivity index (χ0) is 27.4. The standard InChI is InChI=1S/C31H30ClN3O4/c1-21-8-9-23(18-25(21)32)28-12-13-29(39-28)30(36)33-26-19-24(31(37)38-2)10-11-27(26)35-16-14-34(15-17-35)20-22-6-4-3-5-7-22/h3-13,18-19H,14-17,20H2,1-2H3,(H,33,36). The third-order valence-electron chi connectivity index (χ3n) is 6.91. The van der Waals surface area contributed by atoms with E-state index >= 15 is 0 Å². The van der Waals surface area contributed by atoms with Crippen LogP contribution in [0.1, 0.15) is 32.0 Å². The molecule has 1 N–H and O–H groups in total. The Labute approximate surface area is 232 Å². The summed E-state index contributed by atoms with van der Waals surface area (Å²) in [5.74, 6) is -0.185. The fraction of sp³-hybridized carbons (Fsp3) is 0.226. The molecule has 0 radical (unpaired) electrons. The average molecular weight is 544 g/mol. The molecule has 1 amide bonds. The summed E-state index contributed by atoms with van der Waals surface area (Å²) in [5.41, 5.74) is 4.75. The lowest BCUT2D eigenvalue weighted by atomic mass is 10.1. The maximum absolute atomic E-state index is 13.2. The number of halogens is 1. The molecule has 200 valence electrons. The smallest absolute Gasteiger partial charge is 0.337 e. The Hall–Kier alpha value is -4.07. The second-order valence-corrected chi connectivity index (χ2v) is 9.96. The third-order valence-corrected chi connectivity index (χ3v) is 7.32. The van der Waals surface area contributed by atoms with Crippen molar-refractivity contribution < 1.29 is 18.7 Å². The van der Waals surface area contributed by atoms with Crippen LogP contribution in [0.5, 0.6) is 0 Å². The second-order valence-electron chi connectivity index (χ2n) is 9.55. The van der Waals surface area contributed by atoms with Gasteiger partial charge in [0.2, 0.25) is 0 Å². The van der Waals surface area contributed by atoms with E-state index in [4.69, 9.17) is 20.8 Å². The van der Waals surface area contributed by atoms with Gasteiger partial charge in [0.05, 0.1) is 24.0 Å². The van der Waals surface area contributed by atoms with Gasteiger partial charge in [0.15, 0.2) is 5.76 Å². The summed E-state index contributed by atoms with van der Waals surface area (Å²) in [6.45, 7) is 6.14. The number of aryl methyl sites for hydroxylation is 1. The van der Waals surface area contributed by atoms with E-state index in [9.17, 15) is 9.59 Å². The lowest BCUT2D eigenvalue weighted by Crippen LogP contribution is -2.46. The Bertz CT molecular complexity index is 1480. The van der Waals surface area contributed by atoms with E-state index in [1.807, 2.05) is 37.3 Å². The van der Waals surface area contributed by atoms with Crippen LogP contribution in [0.2, 0.25) is 5.02 Å². The Morgan fingerprint density at radius 1 is 0.949 bits per heavy atom. The van der Waals surface area contributed by atoms with Crippen molar-refractivity contribution in [3.63, 3.8) is 0 Å². The highest BCUT2D eigenvalue weighted by Gasteiger charge is 2.23. The highest BCUT2D eigenvalue weighted by molar-refractivity contribution is 6.31. The van der Waals surface area contributed by atoms with Gasteiger partial charge in [-0.2, -0.15) is 0 Å². The fourth-order valence-electron chi connectivity index (χ4n) is 4.69. The van der Waals surface area contributed by atoms with Crippen LogP contribution in [0.25, 0.3) is 11.3 Å². The van der Waals surface area contributed by atoms with Crippen LogP contribution >= 0.6 is 11.6 Å². The Morgan fingerprint density at radius 2 is 1.72 bits per heavy atom. The first kappa shape index (κ1) is 26.5. The summed E-state index contributed by atoms with van der Waals surface area (Å²) in [7, 11) is 1.34. The van der Waals surface area contributed by atoms with Gasteiger partial charge in [-0.05, 0) is 54.4 Å². The molecule has 4 aromatic rings. The largest absolute Gasteiger partial charge is 0.465 e. The molecule has 1 saturated heterocycles. The third kappa shape index (κ3) is 6.16. The van der Waals surface area contributed by atoms with E-state index in [1.54, 1.807) is 24.3 Å². The molecule has 1 fully saturated rings. The molecule has 8 heteroatoms. The molecule has 2 heterocycles. The highest BCUT2D eigenvalue weighted by Crippen LogP contribution is 2.31. The van der Waals surface area contributed by atoms with Crippen LogP contribution in [-0.2, 0) is 11.3 Å². The SMILES string of the molecule is COC(=O)c1ccc(N2CCN(Cc3ccccc3)CC2)c(NC(=O)c2ccc(-c3ccc(C)c(Cl)c3)o2)c1. The van der Waals surface area contributed by atoms with Gasteiger partial charge in [-0.3, -0.25) is 9.69 Å². The quantitative estimate of drug-likeness (QED) is 0.277. The maximum Gasteiger partial charge on any atom is 0.337 e. The highest BCUT2D eigenvalue weighted by atomic mass is 35.5. The lowest BCUT2D eigenvalue weighted by molar-refractivity contribution is 0.0600. The normalized spacial score (nSPS) is 13.8. The number of nitrogens with one attached hydrogen (secondary N) is 1. The van der Waals surface area contributed by atoms with Crippen LogP contribution in [0.4, 0.5) is 11.4 Å². The number of carbonyl (C=O) groups is 2. The number of amides is 1. The van der Waals surface area contributed by atoms with Crippen LogP contribution in [0.15, 0.2) is 83.3 Å². The summed E-state index contributed by atoms with van der Waals surface area (Å²) in [4.78, 5) is 30.1. The molecule has 1 aliphatic rings. The molecular formula is C31H30ClN3O4. The van der Waals surface area contributed by atoms with Crippen molar-refractivity contribution in [2.24, 2.45) is 0 Å². The summed E-state index contributed by atoms with van der Waals surface area (Å²) < 4.78 is 10.8. The molecule has 5 rings (SSSR count). The van der Waals surface area contributed by atoms with Crippen LogP contribution < -0.4 is 10.2 Å². The summed E-state index contributed by atoms with van der Waals surface area (Å²) in [6.07, 6.45) is 0. The monoisotopic (exact) mass is 543 g/mol. The zero-order valence-electron chi connectivity index (χ0n) is 21.9. The number of rotatable bonds is 7. The van der Waals surface area contributed by atoms with Crippen LogP contribution in [-0.4, -0.2) is 50.1 Å². The van der Waals surface area contributed by atoms with E-state index < -0.39 is 11.9 Å². The van der Waals surface area contributed by atoms with Gasteiger partial charge in [-0.1, -0.05) is 54.1 Å². The number of piperazine rings is 1. The van der Waals surface area contributed by atoms with Crippen molar-refractivity contribution >= 4 is 34.9 Å². The maximum atomic E-state index is 13.2. The van der Waals surface area contributed by atoms with E-state index in [0.717, 1.165) is 49.5 Å². The summed E-state index contributed by atoms with van der Waals surface area (Å²) in [5, 5.41) is 3.59. The number of hydrogen-bond acceptors (Lipinski definition) is 6. The van der Waals surface area contributed by atoms with Crippen molar-refractivity contribution in [1.29, 1.82) is 0 Å². The van der Waals surface area contributed by atoms with Crippen LogP contribution in [0.3, 0.4) is 0 Å². The number of methoxy groups -OCH3 is 1. The van der Waals surface area contributed by atoms with E-state index in [2.05, 4.69) is 39.4 Å². The first-order valence-corrected chi connectivity index (χ1v) is 13.2. The second kappa shape index (κ2) is 11.8. The molecular weight excluding hydrogens is 514 g/mol. The molecule has 0 unspecified atom stereocenters. The van der Waals surface area contributed by atoms with E-state index in [-0.39, 0.29) is 5.76 Å². The van der Waals surface area contributed by atoms with Gasteiger partial charge >= 0.3 is 5.97 Å². The number of benzene rings is 3. The lowest BCUT2D eigenvalue weighted by Gasteiger charge is -2.37. The van der Waals surface area contributed by atoms with Gasteiger partial charge in [-0.25, -0.2) is 4.79 Å². The molecule has 0 atom stereocenters. The summed E-state index contributed by atoms with van der Waals surface area (Å²) >= 11 is 6.27. The van der Waals surface area contributed by atoms with Crippen molar-refractivity contribution in [2.45, 2.75) is 13.5 Å². The van der Waals surface area contributed by atoms with Gasteiger partial charge < -0.3 is 19.4 Å². The number of carbonyl (C=O) groups excluding carboxylic acids is 2. The molecule has 0 saturated carbocycles. The van der Waals surface area contributed by atoms with Gasteiger partial charge in [0, 0.05) is 43.3 Å². The minimum Gasteiger partial charge on any atom is -0.465 e. The van der Waals surface area contributed by atoms with E-state index in [0.29, 0.717) is 22.0 Å². The molecule has 0 bridgehead atoms. The number of nitrogens with zero attached hydrogens (tertiary/aromatic N) is 2. The molecule has 7 nitrogen and oxygen atoms in total. The first-order valence-electron chi connectivity index (χ1n) is 12.8.